The number of ether oxygens (including phenoxy) is 1. The molecule has 110 valence electrons. The highest BCUT2D eigenvalue weighted by molar-refractivity contribution is 6.30. The zero-order valence-corrected chi connectivity index (χ0v) is 13.6. The first-order valence-electron chi connectivity index (χ1n) is 6.89. The highest BCUT2D eigenvalue weighted by atomic mass is 35.5. The van der Waals surface area contributed by atoms with Gasteiger partial charge in [0.2, 0.25) is 0 Å². The van der Waals surface area contributed by atoms with E-state index in [0.717, 1.165) is 29.4 Å². The molecule has 0 amide bonds. The molecule has 0 spiro atoms. The van der Waals surface area contributed by atoms with Gasteiger partial charge in [0.1, 0.15) is 5.15 Å². The van der Waals surface area contributed by atoms with Crippen LogP contribution in [-0.4, -0.2) is 35.6 Å². The zero-order valence-electron chi connectivity index (χ0n) is 12.8. The van der Waals surface area contributed by atoms with E-state index in [2.05, 4.69) is 24.3 Å². The SMILES string of the molecule is CCOC(C(C)C)C(Cc1c(C)nn(C)c1Cl)NC. The molecule has 0 bridgehead atoms. The Bertz CT molecular complexity index is 404. The molecule has 1 rings (SSSR count). The largest absolute Gasteiger partial charge is 0.377 e. The minimum absolute atomic E-state index is 0.172. The highest BCUT2D eigenvalue weighted by Crippen LogP contribution is 2.23. The number of nitrogens with zero attached hydrogens (tertiary/aromatic N) is 2. The summed E-state index contributed by atoms with van der Waals surface area (Å²) in [5.74, 6) is 0.452. The number of rotatable bonds is 7. The fraction of sp³-hybridized carbons (Fsp3) is 0.786. The molecule has 19 heavy (non-hydrogen) atoms. The molecule has 0 aliphatic carbocycles. The quantitative estimate of drug-likeness (QED) is 0.838. The van der Waals surface area contributed by atoms with E-state index >= 15 is 0 Å². The molecule has 0 aliphatic heterocycles. The van der Waals surface area contributed by atoms with Gasteiger partial charge in [0.05, 0.1) is 11.8 Å². The molecule has 1 aromatic heterocycles. The van der Waals surface area contributed by atoms with Crippen LogP contribution in [0.1, 0.15) is 32.0 Å². The van der Waals surface area contributed by atoms with Crippen molar-refractivity contribution in [3.8, 4) is 0 Å². The van der Waals surface area contributed by atoms with Crippen LogP contribution in [0, 0.1) is 12.8 Å². The number of hydrogen-bond acceptors (Lipinski definition) is 3. The number of aromatic nitrogens is 2. The van der Waals surface area contributed by atoms with Crippen molar-refractivity contribution < 1.29 is 4.74 Å². The van der Waals surface area contributed by atoms with E-state index < -0.39 is 0 Å². The van der Waals surface area contributed by atoms with Gasteiger partial charge >= 0.3 is 0 Å². The van der Waals surface area contributed by atoms with Gasteiger partial charge in [0, 0.05) is 25.3 Å². The molecular weight excluding hydrogens is 262 g/mol. The molecule has 0 radical (unpaired) electrons. The van der Waals surface area contributed by atoms with E-state index in [-0.39, 0.29) is 12.1 Å². The van der Waals surface area contributed by atoms with Gasteiger partial charge in [-0.25, -0.2) is 0 Å². The maximum atomic E-state index is 6.31. The molecule has 1 heterocycles. The average Bonchev–Trinajstić information content (AvgIpc) is 2.59. The first-order valence-corrected chi connectivity index (χ1v) is 7.26. The summed E-state index contributed by atoms with van der Waals surface area (Å²) in [4.78, 5) is 0. The summed E-state index contributed by atoms with van der Waals surface area (Å²) in [7, 11) is 3.84. The zero-order chi connectivity index (χ0) is 14.6. The monoisotopic (exact) mass is 287 g/mol. The number of halogens is 1. The van der Waals surface area contributed by atoms with E-state index in [0.29, 0.717) is 5.92 Å². The Morgan fingerprint density at radius 1 is 1.42 bits per heavy atom. The molecule has 2 atom stereocenters. The van der Waals surface area contributed by atoms with Crippen LogP contribution in [0.2, 0.25) is 5.15 Å². The minimum atomic E-state index is 0.172. The van der Waals surface area contributed by atoms with Crippen LogP contribution < -0.4 is 5.32 Å². The normalized spacial score (nSPS) is 14.9. The number of nitrogens with one attached hydrogen (secondary N) is 1. The fourth-order valence-corrected chi connectivity index (χ4v) is 2.73. The van der Waals surface area contributed by atoms with Crippen LogP contribution in [-0.2, 0) is 18.2 Å². The highest BCUT2D eigenvalue weighted by Gasteiger charge is 2.26. The predicted octanol–water partition coefficient (Wildman–Crippen LogP) is 2.57. The van der Waals surface area contributed by atoms with Crippen molar-refractivity contribution in [2.75, 3.05) is 13.7 Å². The summed E-state index contributed by atoms with van der Waals surface area (Å²) >= 11 is 6.31. The third-order valence-corrected chi connectivity index (χ3v) is 3.95. The predicted molar refractivity (Wildman–Crippen MR) is 79.8 cm³/mol. The van der Waals surface area contributed by atoms with Crippen LogP contribution in [0.3, 0.4) is 0 Å². The Balaban J connectivity index is 2.91. The Kier molecular flexibility index (Phi) is 6.30. The smallest absolute Gasteiger partial charge is 0.130 e. The lowest BCUT2D eigenvalue weighted by molar-refractivity contribution is 0.00533. The molecule has 0 saturated heterocycles. The lowest BCUT2D eigenvalue weighted by atomic mass is 9.94. The number of hydrogen-bond donors (Lipinski definition) is 1. The lowest BCUT2D eigenvalue weighted by Crippen LogP contribution is -2.44. The summed E-state index contributed by atoms with van der Waals surface area (Å²) in [6.45, 7) is 9.12. The van der Waals surface area contributed by atoms with Gasteiger partial charge in [-0.15, -0.1) is 0 Å². The van der Waals surface area contributed by atoms with E-state index in [1.165, 1.54) is 0 Å². The molecule has 1 aromatic rings. The van der Waals surface area contributed by atoms with E-state index in [9.17, 15) is 0 Å². The Morgan fingerprint density at radius 3 is 2.42 bits per heavy atom. The topological polar surface area (TPSA) is 39.1 Å². The van der Waals surface area contributed by atoms with Crippen molar-refractivity contribution in [1.82, 2.24) is 15.1 Å². The molecule has 2 unspecified atom stereocenters. The Labute approximate surface area is 121 Å². The Hall–Kier alpha value is -0.580. The summed E-state index contributed by atoms with van der Waals surface area (Å²) in [6.07, 6.45) is 1.00. The van der Waals surface area contributed by atoms with Gasteiger partial charge in [-0.3, -0.25) is 4.68 Å². The van der Waals surface area contributed by atoms with Gasteiger partial charge in [0.25, 0.3) is 0 Å². The maximum absolute atomic E-state index is 6.31. The molecule has 0 fully saturated rings. The van der Waals surface area contributed by atoms with Crippen molar-refractivity contribution in [2.45, 2.75) is 46.3 Å². The maximum Gasteiger partial charge on any atom is 0.130 e. The first-order chi connectivity index (χ1) is 8.92. The van der Waals surface area contributed by atoms with E-state index in [1.807, 2.05) is 27.9 Å². The molecule has 0 aromatic carbocycles. The Morgan fingerprint density at radius 2 is 2.05 bits per heavy atom. The second kappa shape index (κ2) is 7.27. The van der Waals surface area contributed by atoms with Gasteiger partial charge in [-0.05, 0) is 33.2 Å². The third-order valence-electron chi connectivity index (χ3n) is 3.48. The molecule has 1 N–H and O–H groups in total. The van der Waals surface area contributed by atoms with Crippen LogP contribution >= 0.6 is 11.6 Å². The minimum Gasteiger partial charge on any atom is -0.377 e. The van der Waals surface area contributed by atoms with E-state index in [4.69, 9.17) is 16.3 Å². The van der Waals surface area contributed by atoms with Crippen molar-refractivity contribution in [2.24, 2.45) is 13.0 Å². The molecule has 0 aliphatic rings. The molecule has 0 saturated carbocycles. The van der Waals surface area contributed by atoms with Gasteiger partial charge < -0.3 is 10.1 Å². The van der Waals surface area contributed by atoms with Gasteiger partial charge in [0.15, 0.2) is 0 Å². The second-order valence-corrected chi connectivity index (χ2v) is 5.60. The van der Waals surface area contributed by atoms with Crippen molar-refractivity contribution in [1.29, 1.82) is 0 Å². The number of aryl methyl sites for hydroxylation is 2. The first kappa shape index (κ1) is 16.5. The van der Waals surface area contributed by atoms with E-state index in [1.54, 1.807) is 4.68 Å². The van der Waals surface area contributed by atoms with Crippen molar-refractivity contribution >= 4 is 11.6 Å². The second-order valence-electron chi connectivity index (χ2n) is 5.24. The lowest BCUT2D eigenvalue weighted by Gasteiger charge is -2.30. The summed E-state index contributed by atoms with van der Waals surface area (Å²) < 4.78 is 7.61. The molecule has 4 nitrogen and oxygen atoms in total. The number of likely N-dealkylation sites (N-methyl/N-ethyl adjacent to an activating group) is 1. The standard InChI is InChI=1S/C14H26ClN3O/c1-7-19-13(9(2)3)12(16-5)8-11-10(4)17-18(6)14(11)15/h9,12-13,16H,7-8H2,1-6H3. The van der Waals surface area contributed by atoms with Gasteiger partial charge in [-0.2, -0.15) is 5.10 Å². The van der Waals surface area contributed by atoms with Crippen LogP contribution in [0.4, 0.5) is 0 Å². The average molecular weight is 288 g/mol. The van der Waals surface area contributed by atoms with Crippen LogP contribution in [0.25, 0.3) is 0 Å². The summed E-state index contributed by atoms with van der Waals surface area (Å²) in [6, 6.07) is 0.236. The van der Waals surface area contributed by atoms with Gasteiger partial charge in [-0.1, -0.05) is 25.4 Å². The summed E-state index contributed by atoms with van der Waals surface area (Å²) in [5.41, 5.74) is 2.10. The molecule has 5 heteroatoms. The van der Waals surface area contributed by atoms with Crippen LogP contribution in [0.15, 0.2) is 0 Å². The summed E-state index contributed by atoms with van der Waals surface area (Å²) in [5, 5.41) is 8.44. The molecular formula is C14H26ClN3O. The van der Waals surface area contributed by atoms with Crippen molar-refractivity contribution in [3.05, 3.63) is 16.4 Å². The fourth-order valence-electron chi connectivity index (χ4n) is 2.47. The third kappa shape index (κ3) is 3.94. The van der Waals surface area contributed by atoms with Crippen LogP contribution in [0.5, 0.6) is 0 Å². The van der Waals surface area contributed by atoms with Crippen molar-refractivity contribution in [3.63, 3.8) is 0 Å².